The molecule has 2 unspecified atom stereocenters. The molecule has 4 nitrogen and oxygen atoms in total. The van der Waals surface area contributed by atoms with Crippen molar-refractivity contribution in [3.05, 3.63) is 21.4 Å². The number of carbonyl (C=O) groups is 2. The van der Waals surface area contributed by atoms with Crippen molar-refractivity contribution >= 4 is 34.8 Å². The summed E-state index contributed by atoms with van der Waals surface area (Å²) in [5, 5.41) is 0. The van der Waals surface area contributed by atoms with Gasteiger partial charge in [0.25, 0.3) is 5.91 Å². The lowest BCUT2D eigenvalue weighted by atomic mass is 9.49. The Bertz CT molecular complexity index is 723. The summed E-state index contributed by atoms with van der Waals surface area (Å²) in [6, 6.07) is 1.98. The van der Waals surface area contributed by atoms with Crippen LogP contribution in [0.3, 0.4) is 0 Å². The summed E-state index contributed by atoms with van der Waals surface area (Å²) in [6.07, 6.45) is 9.24. The van der Waals surface area contributed by atoms with Crippen molar-refractivity contribution in [3.63, 3.8) is 0 Å². The van der Waals surface area contributed by atoms with Gasteiger partial charge in [-0.15, -0.1) is 22.9 Å². The highest BCUT2D eigenvalue weighted by atomic mass is 35.5. The molecule has 4 saturated carbocycles. The predicted molar refractivity (Wildman–Crippen MR) is 97.7 cm³/mol. The number of rotatable bonds is 2. The van der Waals surface area contributed by atoms with Gasteiger partial charge in [-0.3, -0.25) is 20.4 Å². The molecule has 4 fully saturated rings. The number of amides is 2. The summed E-state index contributed by atoms with van der Waals surface area (Å²) in [5.41, 5.74) is 6.30. The normalized spacial score (nSPS) is 37.8. The molecule has 0 aromatic carbocycles. The van der Waals surface area contributed by atoms with Crippen molar-refractivity contribution in [2.45, 2.75) is 62.7 Å². The van der Waals surface area contributed by atoms with Crippen molar-refractivity contribution in [2.75, 3.05) is 0 Å². The van der Waals surface area contributed by atoms with Gasteiger partial charge >= 0.3 is 0 Å². The molecule has 5 aliphatic carbocycles. The number of carbonyl (C=O) groups excluding carboxylic acids is 2. The molecule has 0 saturated heterocycles. The van der Waals surface area contributed by atoms with Crippen LogP contribution in [0.1, 0.15) is 65.1 Å². The van der Waals surface area contributed by atoms with Gasteiger partial charge in [-0.2, -0.15) is 0 Å². The van der Waals surface area contributed by atoms with Crippen LogP contribution < -0.4 is 10.9 Å². The standard InChI is InChI=1S/C19H23ClN2O2S/c20-19-8-11-4-12(9-19)7-18(6-11,10-19)17(24)22-21-16(23)15-5-13-2-1-3-14(13)25-15/h5,11-12H,1-4,6-10H2,(H,21,23)(H,22,24)/t11-,12+,18?,19?. The summed E-state index contributed by atoms with van der Waals surface area (Å²) in [7, 11) is 0. The fraction of sp³-hybridized carbons (Fsp3) is 0.684. The Morgan fingerprint density at radius 1 is 1.12 bits per heavy atom. The highest BCUT2D eigenvalue weighted by Crippen LogP contribution is 2.63. The van der Waals surface area contributed by atoms with E-state index >= 15 is 0 Å². The van der Waals surface area contributed by atoms with Crippen LogP contribution in [0.15, 0.2) is 6.07 Å². The predicted octanol–water partition coefficient (Wildman–Crippen LogP) is 3.58. The van der Waals surface area contributed by atoms with Gasteiger partial charge in [0, 0.05) is 9.75 Å². The van der Waals surface area contributed by atoms with E-state index in [0.717, 1.165) is 44.9 Å². The molecule has 0 spiro atoms. The maximum Gasteiger partial charge on any atom is 0.279 e. The zero-order valence-corrected chi connectivity index (χ0v) is 15.8. The largest absolute Gasteiger partial charge is 0.279 e. The van der Waals surface area contributed by atoms with E-state index in [1.165, 1.54) is 23.3 Å². The first-order chi connectivity index (χ1) is 11.9. The van der Waals surface area contributed by atoms with Crippen LogP contribution >= 0.6 is 22.9 Å². The molecule has 2 amide bonds. The lowest BCUT2D eigenvalue weighted by Crippen LogP contribution is -2.60. The lowest BCUT2D eigenvalue weighted by Gasteiger charge is -2.59. The van der Waals surface area contributed by atoms with Crippen molar-refractivity contribution < 1.29 is 9.59 Å². The molecule has 134 valence electrons. The summed E-state index contributed by atoms with van der Waals surface area (Å²) in [4.78, 5) is 27.2. The number of thiophene rings is 1. The van der Waals surface area contributed by atoms with E-state index in [4.69, 9.17) is 11.6 Å². The van der Waals surface area contributed by atoms with Gasteiger partial charge in [-0.1, -0.05) is 0 Å². The van der Waals surface area contributed by atoms with E-state index in [-0.39, 0.29) is 22.1 Å². The van der Waals surface area contributed by atoms with E-state index in [1.807, 2.05) is 6.07 Å². The Hall–Kier alpha value is -1.07. The fourth-order valence-electron chi connectivity index (χ4n) is 6.17. The second-order valence-corrected chi connectivity index (χ2v) is 10.7. The summed E-state index contributed by atoms with van der Waals surface area (Å²) in [5.74, 6) is 0.906. The summed E-state index contributed by atoms with van der Waals surface area (Å²) >= 11 is 8.36. The average molecular weight is 379 g/mol. The lowest BCUT2D eigenvalue weighted by molar-refractivity contribution is -0.145. The highest BCUT2D eigenvalue weighted by Gasteiger charge is 2.60. The molecule has 1 aromatic heterocycles. The maximum absolute atomic E-state index is 12.9. The first-order valence-electron chi connectivity index (χ1n) is 9.36. The van der Waals surface area contributed by atoms with Crippen LogP contribution in [0.25, 0.3) is 0 Å². The van der Waals surface area contributed by atoms with Gasteiger partial charge in [0.1, 0.15) is 0 Å². The van der Waals surface area contributed by atoms with E-state index in [9.17, 15) is 9.59 Å². The first-order valence-corrected chi connectivity index (χ1v) is 10.6. The Morgan fingerprint density at radius 3 is 2.56 bits per heavy atom. The number of aryl methyl sites for hydroxylation is 2. The van der Waals surface area contributed by atoms with Crippen molar-refractivity contribution in [3.8, 4) is 0 Å². The molecule has 6 rings (SSSR count). The van der Waals surface area contributed by atoms with E-state index in [0.29, 0.717) is 16.7 Å². The Labute approximate surface area is 156 Å². The van der Waals surface area contributed by atoms with Crippen LogP contribution in [0.2, 0.25) is 0 Å². The topological polar surface area (TPSA) is 58.2 Å². The van der Waals surface area contributed by atoms with Crippen molar-refractivity contribution in [1.29, 1.82) is 0 Å². The molecule has 0 aliphatic heterocycles. The SMILES string of the molecule is O=C(NNC(=O)C12C[C@@H]3C[C@@H](CC(Cl)(C3)C1)C2)c1cc2c(s1)CCC2. The third kappa shape index (κ3) is 2.62. The van der Waals surface area contributed by atoms with Gasteiger partial charge in [0.2, 0.25) is 5.91 Å². The average Bonchev–Trinajstić information content (AvgIpc) is 3.11. The van der Waals surface area contributed by atoms with Crippen molar-refractivity contribution in [2.24, 2.45) is 17.3 Å². The molecule has 6 heteroatoms. The Kier molecular flexibility index (Phi) is 3.52. The third-order valence-corrected chi connectivity index (χ3v) is 8.41. The van der Waals surface area contributed by atoms with Gasteiger partial charge in [-0.05, 0) is 81.3 Å². The first kappa shape index (κ1) is 16.1. The van der Waals surface area contributed by atoms with Crippen LogP contribution in [0.5, 0.6) is 0 Å². The third-order valence-electron chi connectivity index (χ3n) is 6.73. The molecule has 0 radical (unpaired) electrons. The van der Waals surface area contributed by atoms with Crippen LogP contribution in [0.4, 0.5) is 0 Å². The van der Waals surface area contributed by atoms with Crippen molar-refractivity contribution in [1.82, 2.24) is 10.9 Å². The summed E-state index contributed by atoms with van der Waals surface area (Å²) < 4.78 is 0. The molecule has 1 heterocycles. The van der Waals surface area contributed by atoms with Crippen LogP contribution in [-0.2, 0) is 17.6 Å². The van der Waals surface area contributed by atoms with E-state index in [1.54, 1.807) is 11.3 Å². The summed E-state index contributed by atoms with van der Waals surface area (Å²) in [6.45, 7) is 0. The molecule has 1 aromatic rings. The van der Waals surface area contributed by atoms with Crippen LogP contribution in [-0.4, -0.2) is 16.7 Å². The van der Waals surface area contributed by atoms with Gasteiger partial charge in [0.15, 0.2) is 0 Å². The number of hydrogen-bond donors (Lipinski definition) is 2. The monoisotopic (exact) mass is 378 g/mol. The van der Waals surface area contributed by atoms with Gasteiger partial charge < -0.3 is 0 Å². The second kappa shape index (κ2) is 5.46. The zero-order chi connectivity index (χ0) is 17.2. The molecular weight excluding hydrogens is 356 g/mol. The number of alkyl halides is 1. The molecule has 25 heavy (non-hydrogen) atoms. The number of halogens is 1. The number of nitrogens with one attached hydrogen (secondary N) is 2. The minimum Gasteiger partial charge on any atom is -0.273 e. The number of hydrazine groups is 1. The number of hydrogen-bond acceptors (Lipinski definition) is 3. The van der Waals surface area contributed by atoms with Gasteiger partial charge in [-0.25, -0.2) is 0 Å². The van der Waals surface area contributed by atoms with Crippen LogP contribution in [0, 0.1) is 17.3 Å². The smallest absolute Gasteiger partial charge is 0.273 e. The Balaban J connectivity index is 1.27. The molecular formula is C19H23ClN2O2S. The highest BCUT2D eigenvalue weighted by molar-refractivity contribution is 7.14. The minimum atomic E-state index is -0.379. The molecule has 2 N–H and O–H groups in total. The zero-order valence-electron chi connectivity index (χ0n) is 14.2. The molecule has 4 bridgehead atoms. The van der Waals surface area contributed by atoms with E-state index in [2.05, 4.69) is 10.9 Å². The molecule has 4 atom stereocenters. The Morgan fingerprint density at radius 2 is 1.88 bits per heavy atom. The maximum atomic E-state index is 12.9. The second-order valence-electron chi connectivity index (χ2n) is 8.71. The number of fused-ring (bicyclic) bond motifs is 1. The van der Waals surface area contributed by atoms with E-state index < -0.39 is 0 Å². The molecule has 5 aliphatic rings. The van der Waals surface area contributed by atoms with Gasteiger partial charge in [0.05, 0.1) is 10.3 Å². The fourth-order valence-corrected chi connectivity index (χ4v) is 8.01. The quantitative estimate of drug-likeness (QED) is 0.610. The minimum absolute atomic E-state index is 0.0379.